The summed E-state index contributed by atoms with van der Waals surface area (Å²) in [7, 11) is 0. The van der Waals surface area contributed by atoms with Crippen LogP contribution in [-0.2, 0) is 4.74 Å². The van der Waals surface area contributed by atoms with E-state index in [1.807, 2.05) is 0 Å². The molecule has 114 valence electrons. The van der Waals surface area contributed by atoms with E-state index in [0.717, 1.165) is 37.3 Å². The Bertz CT molecular complexity index is 231. The molecule has 0 aromatic heterocycles. The Morgan fingerprint density at radius 2 is 1.84 bits per heavy atom. The second-order valence-corrected chi connectivity index (χ2v) is 6.41. The molecular weight excluding hydrogens is 234 g/mol. The maximum absolute atomic E-state index is 6.00. The molecule has 2 heteroatoms. The molecular formula is C17H35NO. The van der Waals surface area contributed by atoms with Gasteiger partial charge in [-0.05, 0) is 56.9 Å². The normalized spacial score (nSPS) is 31.1. The third-order valence-corrected chi connectivity index (χ3v) is 4.96. The molecule has 0 aromatic rings. The molecule has 0 saturated heterocycles. The molecule has 0 bridgehead atoms. The lowest BCUT2D eigenvalue weighted by molar-refractivity contribution is 0.00214. The lowest BCUT2D eigenvalue weighted by atomic mass is 9.72. The van der Waals surface area contributed by atoms with Crippen LogP contribution in [0.4, 0.5) is 0 Å². The van der Waals surface area contributed by atoms with Crippen molar-refractivity contribution in [1.29, 1.82) is 0 Å². The zero-order chi connectivity index (χ0) is 14.3. The summed E-state index contributed by atoms with van der Waals surface area (Å²) in [5, 5.41) is 3.79. The lowest BCUT2D eigenvalue weighted by Gasteiger charge is -2.40. The molecule has 0 aromatic carbocycles. The number of rotatable bonds is 8. The molecule has 2 nitrogen and oxygen atoms in total. The molecule has 0 aliphatic heterocycles. The average Bonchev–Trinajstić information content (AvgIpc) is 2.41. The quantitative estimate of drug-likeness (QED) is 0.711. The van der Waals surface area contributed by atoms with Crippen LogP contribution in [0.15, 0.2) is 0 Å². The zero-order valence-electron chi connectivity index (χ0n) is 13.7. The maximum atomic E-state index is 6.00. The highest BCUT2D eigenvalue weighted by molar-refractivity contribution is 4.88. The van der Waals surface area contributed by atoms with Crippen molar-refractivity contribution in [2.24, 2.45) is 17.8 Å². The standard InChI is InChI=1S/C17H35NO/c1-6-11-18-17(16(7-2)19-8-3)15-10-9-13(4)14(5)12-15/h13-18H,6-12H2,1-5H3. The van der Waals surface area contributed by atoms with Crippen LogP contribution in [0.3, 0.4) is 0 Å². The summed E-state index contributed by atoms with van der Waals surface area (Å²) in [6, 6.07) is 0.555. The largest absolute Gasteiger partial charge is 0.377 e. The molecule has 1 fully saturated rings. The number of ether oxygens (including phenoxy) is 1. The average molecular weight is 269 g/mol. The summed E-state index contributed by atoms with van der Waals surface area (Å²) in [6.45, 7) is 13.4. The fraction of sp³-hybridized carbons (Fsp3) is 1.00. The molecule has 1 saturated carbocycles. The van der Waals surface area contributed by atoms with Crippen molar-refractivity contribution < 1.29 is 4.74 Å². The van der Waals surface area contributed by atoms with E-state index < -0.39 is 0 Å². The first-order valence-corrected chi connectivity index (χ1v) is 8.48. The van der Waals surface area contributed by atoms with E-state index in [9.17, 15) is 0 Å². The van der Waals surface area contributed by atoms with Gasteiger partial charge in [0.15, 0.2) is 0 Å². The van der Waals surface area contributed by atoms with Gasteiger partial charge in [-0.2, -0.15) is 0 Å². The van der Waals surface area contributed by atoms with Gasteiger partial charge in [-0.1, -0.05) is 34.1 Å². The fourth-order valence-corrected chi connectivity index (χ4v) is 3.52. The smallest absolute Gasteiger partial charge is 0.0727 e. The van der Waals surface area contributed by atoms with E-state index in [4.69, 9.17) is 4.74 Å². The minimum atomic E-state index is 0.391. The van der Waals surface area contributed by atoms with Gasteiger partial charge in [0.25, 0.3) is 0 Å². The molecule has 5 unspecified atom stereocenters. The third kappa shape index (κ3) is 5.07. The second kappa shape index (κ2) is 8.97. The first-order valence-electron chi connectivity index (χ1n) is 8.48. The Labute approximate surface area is 120 Å². The van der Waals surface area contributed by atoms with Gasteiger partial charge in [-0.25, -0.2) is 0 Å². The molecule has 5 atom stereocenters. The Morgan fingerprint density at radius 1 is 1.11 bits per heavy atom. The summed E-state index contributed by atoms with van der Waals surface area (Å²) in [5.74, 6) is 2.56. The predicted molar refractivity (Wildman–Crippen MR) is 83.5 cm³/mol. The summed E-state index contributed by atoms with van der Waals surface area (Å²) in [6.07, 6.45) is 6.84. The van der Waals surface area contributed by atoms with Crippen molar-refractivity contribution in [3.63, 3.8) is 0 Å². The lowest BCUT2D eigenvalue weighted by Crippen LogP contribution is -2.48. The number of hydrogen-bond donors (Lipinski definition) is 1. The van der Waals surface area contributed by atoms with Gasteiger partial charge in [-0.3, -0.25) is 0 Å². The maximum Gasteiger partial charge on any atom is 0.0727 e. The van der Waals surface area contributed by atoms with Gasteiger partial charge < -0.3 is 10.1 Å². The van der Waals surface area contributed by atoms with Crippen LogP contribution in [0, 0.1) is 17.8 Å². The molecule has 1 aliphatic carbocycles. The molecule has 1 rings (SSSR count). The number of nitrogens with one attached hydrogen (secondary N) is 1. The highest BCUT2D eigenvalue weighted by atomic mass is 16.5. The minimum absolute atomic E-state index is 0.391. The van der Waals surface area contributed by atoms with Gasteiger partial charge in [0.2, 0.25) is 0 Å². The predicted octanol–water partition coefficient (Wildman–Crippen LogP) is 4.24. The Kier molecular flexibility index (Phi) is 8.01. The molecule has 1 N–H and O–H groups in total. The minimum Gasteiger partial charge on any atom is -0.377 e. The molecule has 0 heterocycles. The van der Waals surface area contributed by atoms with Crippen molar-refractivity contribution in [2.45, 2.75) is 78.9 Å². The fourth-order valence-electron chi connectivity index (χ4n) is 3.52. The topological polar surface area (TPSA) is 21.3 Å². The second-order valence-electron chi connectivity index (χ2n) is 6.41. The van der Waals surface area contributed by atoms with Crippen LogP contribution < -0.4 is 5.32 Å². The monoisotopic (exact) mass is 269 g/mol. The highest BCUT2D eigenvalue weighted by Crippen LogP contribution is 2.36. The summed E-state index contributed by atoms with van der Waals surface area (Å²) in [4.78, 5) is 0. The third-order valence-electron chi connectivity index (χ3n) is 4.96. The van der Waals surface area contributed by atoms with E-state index in [0.29, 0.717) is 12.1 Å². The Morgan fingerprint density at radius 3 is 2.37 bits per heavy atom. The van der Waals surface area contributed by atoms with Crippen molar-refractivity contribution in [2.75, 3.05) is 13.2 Å². The van der Waals surface area contributed by atoms with E-state index in [-0.39, 0.29) is 0 Å². The molecule has 0 amide bonds. The van der Waals surface area contributed by atoms with Crippen LogP contribution in [-0.4, -0.2) is 25.3 Å². The zero-order valence-corrected chi connectivity index (χ0v) is 13.7. The van der Waals surface area contributed by atoms with Gasteiger partial charge >= 0.3 is 0 Å². The molecule has 0 spiro atoms. The van der Waals surface area contributed by atoms with Crippen molar-refractivity contribution in [1.82, 2.24) is 5.32 Å². The van der Waals surface area contributed by atoms with Crippen molar-refractivity contribution >= 4 is 0 Å². The van der Waals surface area contributed by atoms with Gasteiger partial charge in [0, 0.05) is 12.6 Å². The van der Waals surface area contributed by atoms with E-state index >= 15 is 0 Å². The van der Waals surface area contributed by atoms with Crippen LogP contribution in [0.25, 0.3) is 0 Å². The Hall–Kier alpha value is -0.0800. The van der Waals surface area contributed by atoms with E-state index in [1.54, 1.807) is 0 Å². The van der Waals surface area contributed by atoms with Crippen LogP contribution in [0.1, 0.15) is 66.7 Å². The SMILES string of the molecule is CCCNC(C1CCC(C)C(C)C1)C(CC)OCC. The van der Waals surface area contributed by atoms with E-state index in [1.165, 1.54) is 25.7 Å². The van der Waals surface area contributed by atoms with Crippen molar-refractivity contribution in [3.05, 3.63) is 0 Å². The van der Waals surface area contributed by atoms with E-state index in [2.05, 4.69) is 39.9 Å². The molecule has 19 heavy (non-hydrogen) atoms. The van der Waals surface area contributed by atoms with Crippen molar-refractivity contribution in [3.8, 4) is 0 Å². The first kappa shape index (κ1) is 17.0. The molecule has 0 radical (unpaired) electrons. The summed E-state index contributed by atoms with van der Waals surface area (Å²) >= 11 is 0. The molecule has 1 aliphatic rings. The highest BCUT2D eigenvalue weighted by Gasteiger charge is 2.33. The van der Waals surface area contributed by atoms with Gasteiger partial charge in [0.1, 0.15) is 0 Å². The van der Waals surface area contributed by atoms with Crippen LogP contribution in [0.2, 0.25) is 0 Å². The van der Waals surface area contributed by atoms with Crippen LogP contribution in [0.5, 0.6) is 0 Å². The summed E-state index contributed by atoms with van der Waals surface area (Å²) < 4.78 is 6.00. The Balaban J connectivity index is 2.66. The van der Waals surface area contributed by atoms with Gasteiger partial charge in [-0.15, -0.1) is 0 Å². The number of hydrogen-bond acceptors (Lipinski definition) is 2. The first-order chi connectivity index (χ1) is 9.13. The van der Waals surface area contributed by atoms with Crippen LogP contribution >= 0.6 is 0 Å². The summed E-state index contributed by atoms with van der Waals surface area (Å²) in [5.41, 5.74) is 0. The van der Waals surface area contributed by atoms with Gasteiger partial charge in [0.05, 0.1) is 6.10 Å².